The van der Waals surface area contributed by atoms with Gasteiger partial charge in [-0.2, -0.15) is 5.10 Å². The molecule has 5 heteroatoms. The van der Waals surface area contributed by atoms with E-state index in [2.05, 4.69) is 22.7 Å². The number of carbonyl (C=O) groups is 1. The van der Waals surface area contributed by atoms with Crippen molar-refractivity contribution in [2.75, 3.05) is 6.54 Å². The zero-order valence-electron chi connectivity index (χ0n) is 10.4. The van der Waals surface area contributed by atoms with Crippen LogP contribution in [0.25, 0.3) is 0 Å². The molecule has 0 radical (unpaired) electrons. The number of nitrogens with one attached hydrogen (secondary N) is 2. The lowest BCUT2D eigenvalue weighted by molar-refractivity contribution is -0.124. The van der Waals surface area contributed by atoms with Crippen molar-refractivity contribution in [2.24, 2.45) is 5.92 Å². The largest absolute Gasteiger partial charge is 0.350 e. The molecule has 1 saturated heterocycles. The summed E-state index contributed by atoms with van der Waals surface area (Å²) in [5, 5.41) is 10.4. The third kappa shape index (κ3) is 3.06. The normalized spacial score (nSPS) is 25.8. The smallest absolute Gasteiger partial charge is 0.237 e. The Labute approximate surface area is 102 Å². The van der Waals surface area contributed by atoms with E-state index >= 15 is 0 Å². The molecule has 2 N–H and O–H groups in total. The second kappa shape index (κ2) is 5.31. The van der Waals surface area contributed by atoms with Crippen molar-refractivity contribution >= 4 is 5.91 Å². The Kier molecular flexibility index (Phi) is 3.78. The summed E-state index contributed by atoms with van der Waals surface area (Å²) < 4.78 is 1.83. The van der Waals surface area contributed by atoms with Crippen LogP contribution in [0.4, 0.5) is 0 Å². The van der Waals surface area contributed by atoms with Gasteiger partial charge in [0.25, 0.3) is 0 Å². The van der Waals surface area contributed by atoms with Gasteiger partial charge in [0.1, 0.15) is 0 Å². The van der Waals surface area contributed by atoms with E-state index < -0.39 is 0 Å². The molecule has 1 aromatic heterocycles. The Hall–Kier alpha value is -1.36. The van der Waals surface area contributed by atoms with Crippen molar-refractivity contribution in [1.29, 1.82) is 0 Å². The van der Waals surface area contributed by atoms with E-state index in [1.807, 2.05) is 23.9 Å². The molecule has 17 heavy (non-hydrogen) atoms. The van der Waals surface area contributed by atoms with Gasteiger partial charge in [-0.15, -0.1) is 0 Å². The minimum Gasteiger partial charge on any atom is -0.350 e. The monoisotopic (exact) mass is 236 g/mol. The van der Waals surface area contributed by atoms with E-state index in [-0.39, 0.29) is 18.0 Å². The van der Waals surface area contributed by atoms with Crippen molar-refractivity contribution < 1.29 is 4.79 Å². The summed E-state index contributed by atoms with van der Waals surface area (Å²) in [7, 11) is 0. The molecule has 3 unspecified atom stereocenters. The predicted molar refractivity (Wildman–Crippen MR) is 65.4 cm³/mol. The van der Waals surface area contributed by atoms with Gasteiger partial charge < -0.3 is 10.6 Å². The Bertz CT molecular complexity index is 363. The van der Waals surface area contributed by atoms with Crippen LogP contribution in [0.3, 0.4) is 0 Å². The van der Waals surface area contributed by atoms with Gasteiger partial charge in [0, 0.05) is 18.4 Å². The van der Waals surface area contributed by atoms with E-state index in [1.54, 1.807) is 6.20 Å². The van der Waals surface area contributed by atoms with Crippen molar-refractivity contribution in [1.82, 2.24) is 20.4 Å². The SMILES string of the molecule is CC(Cn1cccn1)NC(=O)C1NCCC1C. The van der Waals surface area contributed by atoms with Crippen molar-refractivity contribution in [3.05, 3.63) is 18.5 Å². The zero-order valence-corrected chi connectivity index (χ0v) is 10.4. The molecule has 0 spiro atoms. The molecule has 1 aromatic rings. The molecule has 0 bridgehead atoms. The Morgan fingerprint density at radius 2 is 2.53 bits per heavy atom. The standard InChI is InChI=1S/C12H20N4O/c1-9-4-6-13-11(9)12(17)15-10(2)8-16-7-3-5-14-16/h3,5,7,9-11,13H,4,6,8H2,1-2H3,(H,15,17). The first-order valence-electron chi connectivity index (χ1n) is 6.18. The van der Waals surface area contributed by atoms with Crippen LogP contribution in [0.2, 0.25) is 0 Å². The second-order valence-electron chi connectivity index (χ2n) is 4.84. The molecular weight excluding hydrogens is 216 g/mol. The maximum absolute atomic E-state index is 12.0. The summed E-state index contributed by atoms with van der Waals surface area (Å²) in [5.74, 6) is 0.529. The molecule has 94 valence electrons. The number of carbonyl (C=O) groups excluding carboxylic acids is 1. The summed E-state index contributed by atoms with van der Waals surface area (Å²) in [4.78, 5) is 12.0. The fourth-order valence-corrected chi connectivity index (χ4v) is 2.25. The minimum absolute atomic E-state index is 0.0323. The van der Waals surface area contributed by atoms with Gasteiger partial charge in [-0.05, 0) is 31.9 Å². The Balaban J connectivity index is 1.82. The molecule has 2 heterocycles. The van der Waals surface area contributed by atoms with E-state index in [0.717, 1.165) is 13.0 Å². The van der Waals surface area contributed by atoms with Gasteiger partial charge >= 0.3 is 0 Å². The maximum atomic E-state index is 12.0. The van der Waals surface area contributed by atoms with Gasteiger partial charge in [-0.25, -0.2) is 0 Å². The van der Waals surface area contributed by atoms with Crippen molar-refractivity contribution in [3.63, 3.8) is 0 Å². The van der Waals surface area contributed by atoms with E-state index in [0.29, 0.717) is 12.5 Å². The molecule has 1 aliphatic heterocycles. The summed E-state index contributed by atoms with van der Waals surface area (Å²) in [6, 6.07) is 1.95. The zero-order chi connectivity index (χ0) is 12.3. The fraction of sp³-hybridized carbons (Fsp3) is 0.667. The topological polar surface area (TPSA) is 59.0 Å². The van der Waals surface area contributed by atoms with Crippen LogP contribution < -0.4 is 10.6 Å². The van der Waals surface area contributed by atoms with E-state index in [9.17, 15) is 4.79 Å². The lowest BCUT2D eigenvalue weighted by atomic mass is 10.0. The fourth-order valence-electron chi connectivity index (χ4n) is 2.25. The maximum Gasteiger partial charge on any atom is 0.237 e. The first-order chi connectivity index (χ1) is 8.16. The molecule has 1 amide bonds. The van der Waals surface area contributed by atoms with E-state index in [1.165, 1.54) is 0 Å². The molecule has 0 aromatic carbocycles. The average Bonchev–Trinajstić information content (AvgIpc) is 2.88. The Morgan fingerprint density at radius 1 is 1.71 bits per heavy atom. The predicted octanol–water partition coefficient (Wildman–Crippen LogP) is 0.386. The number of aromatic nitrogens is 2. The second-order valence-corrected chi connectivity index (χ2v) is 4.84. The highest BCUT2D eigenvalue weighted by Gasteiger charge is 2.29. The summed E-state index contributed by atoms with van der Waals surface area (Å²) in [6.45, 7) is 5.76. The third-order valence-corrected chi connectivity index (χ3v) is 3.22. The van der Waals surface area contributed by atoms with Gasteiger partial charge in [0.2, 0.25) is 5.91 Å². The highest BCUT2D eigenvalue weighted by molar-refractivity contribution is 5.82. The molecule has 1 aliphatic rings. The molecule has 2 rings (SSSR count). The van der Waals surface area contributed by atoms with Crippen LogP contribution in [0.5, 0.6) is 0 Å². The molecule has 0 aliphatic carbocycles. The summed E-state index contributed by atoms with van der Waals surface area (Å²) in [5.41, 5.74) is 0. The number of hydrogen-bond donors (Lipinski definition) is 2. The highest BCUT2D eigenvalue weighted by atomic mass is 16.2. The number of hydrogen-bond acceptors (Lipinski definition) is 3. The van der Waals surface area contributed by atoms with Crippen LogP contribution in [0, 0.1) is 5.92 Å². The van der Waals surface area contributed by atoms with Crippen LogP contribution in [-0.4, -0.2) is 34.3 Å². The van der Waals surface area contributed by atoms with Gasteiger partial charge in [0.05, 0.1) is 12.6 Å². The van der Waals surface area contributed by atoms with Crippen LogP contribution >= 0.6 is 0 Å². The quantitative estimate of drug-likeness (QED) is 0.795. The lowest BCUT2D eigenvalue weighted by Crippen LogP contribution is -2.47. The molecule has 3 atom stereocenters. The summed E-state index contributed by atoms with van der Waals surface area (Å²) >= 11 is 0. The molecule has 1 fully saturated rings. The van der Waals surface area contributed by atoms with Gasteiger partial charge in [0.15, 0.2) is 0 Å². The molecule has 5 nitrogen and oxygen atoms in total. The van der Waals surface area contributed by atoms with Crippen LogP contribution in [-0.2, 0) is 11.3 Å². The van der Waals surface area contributed by atoms with Gasteiger partial charge in [-0.3, -0.25) is 9.48 Å². The van der Waals surface area contributed by atoms with Crippen LogP contribution in [0.15, 0.2) is 18.5 Å². The number of rotatable bonds is 4. The molecule has 0 saturated carbocycles. The van der Waals surface area contributed by atoms with E-state index in [4.69, 9.17) is 0 Å². The number of amides is 1. The first kappa shape index (κ1) is 12.1. The lowest BCUT2D eigenvalue weighted by Gasteiger charge is -2.19. The first-order valence-corrected chi connectivity index (χ1v) is 6.18. The minimum atomic E-state index is -0.0323. The Morgan fingerprint density at radius 3 is 3.12 bits per heavy atom. The summed E-state index contributed by atoms with van der Waals surface area (Å²) in [6.07, 6.45) is 4.72. The highest BCUT2D eigenvalue weighted by Crippen LogP contribution is 2.14. The molecular formula is C12H20N4O. The van der Waals surface area contributed by atoms with Gasteiger partial charge in [-0.1, -0.05) is 6.92 Å². The van der Waals surface area contributed by atoms with Crippen molar-refractivity contribution in [3.8, 4) is 0 Å². The number of nitrogens with zero attached hydrogens (tertiary/aromatic N) is 2. The van der Waals surface area contributed by atoms with Crippen molar-refractivity contribution in [2.45, 2.75) is 38.9 Å². The average molecular weight is 236 g/mol. The third-order valence-electron chi connectivity index (χ3n) is 3.22. The van der Waals surface area contributed by atoms with Crippen LogP contribution in [0.1, 0.15) is 20.3 Å².